The van der Waals surface area contributed by atoms with Crippen LogP contribution in [0.1, 0.15) is 21.5 Å². The maximum absolute atomic E-state index is 11.1. The van der Waals surface area contributed by atoms with E-state index >= 15 is 0 Å². The van der Waals surface area contributed by atoms with Crippen molar-refractivity contribution in [1.82, 2.24) is 5.43 Å². The van der Waals surface area contributed by atoms with Gasteiger partial charge in [-0.1, -0.05) is 0 Å². The summed E-state index contributed by atoms with van der Waals surface area (Å²) in [4.78, 5) is 23.1. The second kappa shape index (κ2) is 5.90. The minimum atomic E-state index is -0.583. The number of rotatable bonds is 2. The third-order valence-electron chi connectivity index (χ3n) is 1.52. The highest BCUT2D eigenvalue weighted by Crippen LogP contribution is 2.14. The normalized spacial score (nSPS) is 8.88. The average Bonchev–Trinajstić information content (AvgIpc) is 2.74. The molecule has 0 bridgehead atoms. The first kappa shape index (κ1) is 12.2. The summed E-state index contributed by atoms with van der Waals surface area (Å²) >= 11 is 1.15. The molecule has 0 unspecified atom stereocenters. The van der Waals surface area contributed by atoms with Gasteiger partial charge in [0.25, 0.3) is 5.91 Å². The van der Waals surface area contributed by atoms with Crippen molar-refractivity contribution in [2.45, 2.75) is 6.92 Å². The summed E-state index contributed by atoms with van der Waals surface area (Å²) in [6.45, 7) is 1.99. The van der Waals surface area contributed by atoms with Crippen LogP contribution < -0.4 is 11.3 Å². The van der Waals surface area contributed by atoms with E-state index in [1.165, 1.54) is 0 Å². The highest BCUT2D eigenvalue weighted by atomic mass is 32.1. The molecule has 0 fully saturated rings. The number of thiophene rings is 1. The molecule has 0 radical (unpaired) electrons. The van der Waals surface area contributed by atoms with Crippen LogP contribution in [0.3, 0.4) is 0 Å². The maximum Gasteiger partial charge on any atom is 0.384 e. The molecule has 1 heterocycles. The van der Waals surface area contributed by atoms with Gasteiger partial charge >= 0.3 is 5.97 Å². The monoisotopic (exact) mass is 238 g/mol. The van der Waals surface area contributed by atoms with Gasteiger partial charge in [-0.3, -0.25) is 10.2 Å². The molecule has 0 saturated heterocycles. The zero-order valence-electron chi connectivity index (χ0n) is 8.57. The van der Waals surface area contributed by atoms with E-state index in [-0.39, 0.29) is 5.91 Å². The topological polar surface area (TPSA) is 81.4 Å². The van der Waals surface area contributed by atoms with Crippen molar-refractivity contribution in [1.29, 1.82) is 0 Å². The molecule has 3 N–H and O–H groups in total. The van der Waals surface area contributed by atoms with E-state index in [2.05, 4.69) is 16.6 Å². The highest BCUT2D eigenvalue weighted by molar-refractivity contribution is 7.14. The molecule has 1 aromatic rings. The highest BCUT2D eigenvalue weighted by Gasteiger charge is 2.05. The molecule has 0 aliphatic carbocycles. The number of amides is 1. The Bertz CT molecular complexity index is 456. The number of esters is 1. The Balaban J connectivity index is 2.72. The summed E-state index contributed by atoms with van der Waals surface area (Å²) < 4.78 is 4.63. The Kier molecular flexibility index (Phi) is 4.51. The predicted molar refractivity (Wildman–Crippen MR) is 59.5 cm³/mol. The van der Waals surface area contributed by atoms with Gasteiger partial charge in [0.2, 0.25) is 0 Å². The number of hydrazine groups is 1. The van der Waals surface area contributed by atoms with Crippen molar-refractivity contribution in [3.63, 3.8) is 0 Å². The number of carbonyl (C=O) groups excluding carboxylic acids is 2. The van der Waals surface area contributed by atoms with Gasteiger partial charge < -0.3 is 4.74 Å². The maximum atomic E-state index is 11.1. The summed E-state index contributed by atoms with van der Waals surface area (Å²) in [7, 11) is 0. The average molecular weight is 238 g/mol. The molecule has 0 aliphatic rings. The van der Waals surface area contributed by atoms with Crippen LogP contribution in [-0.4, -0.2) is 18.5 Å². The van der Waals surface area contributed by atoms with E-state index in [0.29, 0.717) is 16.4 Å². The van der Waals surface area contributed by atoms with E-state index in [1.807, 2.05) is 5.43 Å². The number of hydrogen-bond acceptors (Lipinski definition) is 5. The Morgan fingerprint density at radius 3 is 2.94 bits per heavy atom. The SMILES string of the molecule is CCOC(=O)C#Cc1ccc(C(=O)NN)s1. The third kappa shape index (κ3) is 3.38. The van der Waals surface area contributed by atoms with Crippen LogP contribution in [0.4, 0.5) is 0 Å². The van der Waals surface area contributed by atoms with Crippen LogP contribution in [0.2, 0.25) is 0 Å². The molecule has 0 saturated carbocycles. The lowest BCUT2D eigenvalue weighted by atomic mass is 10.4. The molecule has 0 aromatic carbocycles. The molecule has 0 aliphatic heterocycles. The van der Waals surface area contributed by atoms with Crippen LogP contribution in [0.15, 0.2) is 12.1 Å². The molecule has 84 valence electrons. The number of nitrogens with two attached hydrogens (primary N) is 1. The van der Waals surface area contributed by atoms with Crippen LogP contribution in [-0.2, 0) is 9.53 Å². The van der Waals surface area contributed by atoms with Gasteiger partial charge in [-0.25, -0.2) is 10.6 Å². The fourth-order valence-electron chi connectivity index (χ4n) is 0.878. The van der Waals surface area contributed by atoms with Gasteiger partial charge in [0.05, 0.1) is 16.4 Å². The number of ether oxygens (including phenoxy) is 1. The number of hydrogen-bond donors (Lipinski definition) is 2. The van der Waals surface area contributed by atoms with Gasteiger partial charge in [-0.2, -0.15) is 0 Å². The molecule has 6 heteroatoms. The largest absolute Gasteiger partial charge is 0.456 e. The molecule has 5 nitrogen and oxygen atoms in total. The molecule has 1 amide bonds. The van der Waals surface area contributed by atoms with Gasteiger partial charge in [0, 0.05) is 5.92 Å². The lowest BCUT2D eigenvalue weighted by Crippen LogP contribution is -2.29. The zero-order valence-corrected chi connectivity index (χ0v) is 9.39. The fraction of sp³-hybridized carbons (Fsp3) is 0.200. The van der Waals surface area contributed by atoms with Crippen molar-refractivity contribution in [2.24, 2.45) is 5.84 Å². The lowest BCUT2D eigenvalue weighted by molar-refractivity contribution is -0.136. The van der Waals surface area contributed by atoms with Gasteiger partial charge in [0.1, 0.15) is 0 Å². The van der Waals surface area contributed by atoms with Crippen molar-refractivity contribution in [2.75, 3.05) is 6.61 Å². The third-order valence-corrected chi connectivity index (χ3v) is 2.52. The molecular weight excluding hydrogens is 228 g/mol. The van der Waals surface area contributed by atoms with Crippen molar-refractivity contribution in [3.05, 3.63) is 21.9 Å². The minimum absolute atomic E-state index is 0.290. The van der Waals surface area contributed by atoms with Crippen molar-refractivity contribution >= 4 is 23.2 Å². The van der Waals surface area contributed by atoms with Gasteiger partial charge in [-0.15, -0.1) is 11.3 Å². The number of nitrogens with one attached hydrogen (secondary N) is 1. The zero-order chi connectivity index (χ0) is 12.0. The van der Waals surface area contributed by atoms with E-state index in [9.17, 15) is 9.59 Å². The summed E-state index contributed by atoms with van der Waals surface area (Å²) in [5, 5.41) is 0. The first-order valence-corrected chi connectivity index (χ1v) is 5.28. The lowest BCUT2D eigenvalue weighted by Gasteiger charge is -1.91. The first-order valence-electron chi connectivity index (χ1n) is 4.47. The summed E-state index contributed by atoms with van der Waals surface area (Å²) in [6.07, 6.45) is 0. The van der Waals surface area contributed by atoms with Crippen LogP contribution in [0.5, 0.6) is 0 Å². The molecule has 1 rings (SSSR count). The quantitative estimate of drug-likeness (QED) is 0.255. The Hall–Kier alpha value is -1.84. The Morgan fingerprint density at radius 2 is 2.31 bits per heavy atom. The second-order valence-electron chi connectivity index (χ2n) is 2.61. The molecule has 0 atom stereocenters. The minimum Gasteiger partial charge on any atom is -0.456 e. The van der Waals surface area contributed by atoms with Gasteiger partial charge in [-0.05, 0) is 25.0 Å². The smallest absolute Gasteiger partial charge is 0.384 e. The summed E-state index contributed by atoms with van der Waals surface area (Å²) in [5.41, 5.74) is 2.01. The first-order chi connectivity index (χ1) is 7.67. The van der Waals surface area contributed by atoms with Crippen molar-refractivity contribution in [3.8, 4) is 11.8 Å². The molecule has 0 spiro atoms. The summed E-state index contributed by atoms with van der Waals surface area (Å²) in [6, 6.07) is 3.23. The molecule has 1 aromatic heterocycles. The standard InChI is InChI=1S/C10H10N2O3S/c1-2-15-9(13)6-4-7-3-5-8(16-7)10(14)12-11/h3,5H,2,11H2,1H3,(H,12,14). The van der Waals surface area contributed by atoms with E-state index in [4.69, 9.17) is 5.84 Å². The molecular formula is C10H10N2O3S. The Labute approximate surface area is 96.6 Å². The van der Waals surface area contributed by atoms with E-state index in [1.54, 1.807) is 19.1 Å². The van der Waals surface area contributed by atoms with Gasteiger partial charge in [0.15, 0.2) is 0 Å². The fourth-order valence-corrected chi connectivity index (χ4v) is 1.64. The van der Waals surface area contributed by atoms with Crippen LogP contribution in [0, 0.1) is 11.8 Å². The second-order valence-corrected chi connectivity index (χ2v) is 3.69. The number of nitrogen functional groups attached to an aromatic ring is 1. The molecule has 16 heavy (non-hydrogen) atoms. The van der Waals surface area contributed by atoms with E-state index < -0.39 is 5.97 Å². The van der Waals surface area contributed by atoms with Crippen molar-refractivity contribution < 1.29 is 14.3 Å². The number of carbonyl (C=O) groups is 2. The predicted octanol–water partition coefficient (Wildman–Crippen LogP) is 0.266. The van der Waals surface area contributed by atoms with E-state index in [0.717, 1.165) is 11.3 Å². The Morgan fingerprint density at radius 1 is 1.56 bits per heavy atom. The van der Waals surface area contributed by atoms with Crippen LogP contribution >= 0.6 is 11.3 Å². The summed E-state index contributed by atoms with van der Waals surface area (Å²) in [5.74, 6) is 8.92. The van der Waals surface area contributed by atoms with Crippen LogP contribution in [0.25, 0.3) is 0 Å².